The predicted molar refractivity (Wildman–Crippen MR) is 128 cm³/mol. The van der Waals surface area contributed by atoms with E-state index in [2.05, 4.69) is 19.9 Å². The fraction of sp³-hybridized carbons (Fsp3) is 0.385. The number of ether oxygens (including phenoxy) is 2. The van der Waals surface area contributed by atoms with Crippen LogP contribution in [0.5, 0.6) is 11.6 Å². The van der Waals surface area contributed by atoms with E-state index in [0.717, 1.165) is 55.3 Å². The van der Waals surface area contributed by atoms with E-state index in [9.17, 15) is 4.79 Å². The summed E-state index contributed by atoms with van der Waals surface area (Å²) < 4.78 is 11.5. The van der Waals surface area contributed by atoms with Crippen LogP contribution in [0, 0.1) is 6.92 Å². The summed E-state index contributed by atoms with van der Waals surface area (Å²) in [7, 11) is 0. The topological polar surface area (TPSA) is 80.7 Å². The first-order valence-corrected chi connectivity index (χ1v) is 11.8. The summed E-state index contributed by atoms with van der Waals surface area (Å²) in [4.78, 5) is 31.0. The molecule has 1 aromatic carbocycles. The summed E-state index contributed by atoms with van der Waals surface area (Å²) in [5.74, 6) is 2.15. The molecule has 3 aromatic rings. The van der Waals surface area contributed by atoms with E-state index in [1.807, 2.05) is 42.2 Å². The summed E-state index contributed by atoms with van der Waals surface area (Å²) in [5, 5.41) is 0. The number of amides is 1. The first-order chi connectivity index (χ1) is 16.7. The van der Waals surface area contributed by atoms with Gasteiger partial charge in [0.25, 0.3) is 5.91 Å². The smallest absolute Gasteiger partial charge is 0.254 e. The van der Waals surface area contributed by atoms with Gasteiger partial charge >= 0.3 is 0 Å². The van der Waals surface area contributed by atoms with E-state index in [-0.39, 0.29) is 11.8 Å². The van der Waals surface area contributed by atoms with E-state index in [4.69, 9.17) is 9.47 Å². The molecule has 0 radical (unpaired) electrons. The Morgan fingerprint density at radius 2 is 1.88 bits per heavy atom. The van der Waals surface area contributed by atoms with Crippen molar-refractivity contribution in [2.45, 2.75) is 25.7 Å². The fourth-order valence-corrected chi connectivity index (χ4v) is 4.57. The lowest BCUT2D eigenvalue weighted by atomic mass is 9.94. The van der Waals surface area contributed by atoms with Crippen LogP contribution in [0.1, 0.15) is 40.4 Å². The van der Waals surface area contributed by atoms with Crippen molar-refractivity contribution in [1.29, 1.82) is 0 Å². The standard InChI is InChI=1S/C26H29N5O3/c1-19-4-2-6-22(16-19)34-25-24(28-9-10-29-25)21-5-3-11-31(18-21)26(32)20-7-8-27-23(17-20)30-12-14-33-15-13-30/h2,4,6-10,16-17,21H,3,5,11-15,18H2,1H3/t21-/m1/s1. The number of morpholine rings is 1. The Kier molecular flexibility index (Phi) is 6.67. The Hall–Kier alpha value is -3.52. The summed E-state index contributed by atoms with van der Waals surface area (Å²) in [6.07, 6.45) is 6.89. The van der Waals surface area contributed by atoms with Crippen LogP contribution in [-0.2, 0) is 4.74 Å². The van der Waals surface area contributed by atoms with E-state index < -0.39 is 0 Å². The molecule has 5 rings (SSSR count). The molecule has 2 aliphatic rings. The normalized spacial score (nSPS) is 18.6. The Bertz CT molecular complexity index is 1150. The maximum atomic E-state index is 13.4. The monoisotopic (exact) mass is 459 g/mol. The van der Waals surface area contributed by atoms with Crippen molar-refractivity contribution >= 4 is 11.7 Å². The van der Waals surface area contributed by atoms with Crippen LogP contribution in [0.25, 0.3) is 0 Å². The highest BCUT2D eigenvalue weighted by Crippen LogP contribution is 2.33. The SMILES string of the molecule is Cc1cccc(Oc2nccnc2[C@@H]2CCCN(C(=O)c3ccnc(N4CCOCC4)c3)C2)c1. The minimum absolute atomic E-state index is 0.0200. The number of hydrogen-bond acceptors (Lipinski definition) is 7. The van der Waals surface area contributed by atoms with Crippen LogP contribution in [0.3, 0.4) is 0 Å². The van der Waals surface area contributed by atoms with Crippen molar-refractivity contribution in [2.24, 2.45) is 0 Å². The number of nitrogens with zero attached hydrogens (tertiary/aromatic N) is 5. The van der Waals surface area contributed by atoms with Crippen LogP contribution >= 0.6 is 0 Å². The third-order valence-corrected chi connectivity index (χ3v) is 6.32. The number of carbonyl (C=O) groups excluding carboxylic acids is 1. The van der Waals surface area contributed by atoms with Gasteiger partial charge in [0.1, 0.15) is 17.3 Å². The van der Waals surface area contributed by atoms with Gasteiger partial charge in [0.2, 0.25) is 5.88 Å². The highest BCUT2D eigenvalue weighted by atomic mass is 16.5. The van der Waals surface area contributed by atoms with Gasteiger partial charge in [0.15, 0.2) is 0 Å². The molecule has 2 aromatic heterocycles. The molecule has 8 heteroatoms. The maximum Gasteiger partial charge on any atom is 0.254 e. The van der Waals surface area contributed by atoms with Gasteiger partial charge < -0.3 is 19.3 Å². The van der Waals surface area contributed by atoms with Crippen molar-refractivity contribution in [2.75, 3.05) is 44.3 Å². The number of benzene rings is 1. The van der Waals surface area contributed by atoms with Gasteiger partial charge in [-0.25, -0.2) is 9.97 Å². The molecule has 0 spiro atoms. The average Bonchev–Trinajstić information content (AvgIpc) is 2.89. The second-order valence-electron chi connectivity index (χ2n) is 8.76. The molecule has 34 heavy (non-hydrogen) atoms. The van der Waals surface area contributed by atoms with Gasteiger partial charge in [-0.05, 0) is 49.6 Å². The van der Waals surface area contributed by atoms with E-state index >= 15 is 0 Å². The lowest BCUT2D eigenvalue weighted by molar-refractivity contribution is 0.0704. The third kappa shape index (κ3) is 5.02. The third-order valence-electron chi connectivity index (χ3n) is 6.32. The van der Waals surface area contributed by atoms with Gasteiger partial charge in [-0.15, -0.1) is 0 Å². The molecule has 2 aliphatic heterocycles. The van der Waals surface area contributed by atoms with Gasteiger partial charge in [-0.3, -0.25) is 9.78 Å². The van der Waals surface area contributed by atoms with Crippen molar-refractivity contribution in [3.63, 3.8) is 0 Å². The number of carbonyl (C=O) groups is 1. The number of anilines is 1. The van der Waals surface area contributed by atoms with E-state index in [1.54, 1.807) is 24.7 Å². The summed E-state index contributed by atoms with van der Waals surface area (Å²) >= 11 is 0. The average molecular weight is 460 g/mol. The van der Waals surface area contributed by atoms with Crippen molar-refractivity contribution in [3.8, 4) is 11.6 Å². The zero-order chi connectivity index (χ0) is 23.3. The molecular formula is C26H29N5O3. The molecule has 0 unspecified atom stereocenters. The van der Waals surface area contributed by atoms with Crippen molar-refractivity contribution < 1.29 is 14.3 Å². The summed E-state index contributed by atoms with van der Waals surface area (Å²) in [6, 6.07) is 11.6. The molecule has 8 nitrogen and oxygen atoms in total. The first kappa shape index (κ1) is 22.3. The molecule has 1 atom stereocenters. The largest absolute Gasteiger partial charge is 0.437 e. The summed E-state index contributed by atoms with van der Waals surface area (Å²) in [5.41, 5.74) is 2.57. The number of rotatable bonds is 5. The lowest BCUT2D eigenvalue weighted by Gasteiger charge is -2.33. The molecule has 1 amide bonds. The molecule has 2 fully saturated rings. The Morgan fingerprint density at radius 3 is 2.74 bits per heavy atom. The van der Waals surface area contributed by atoms with Crippen molar-refractivity contribution in [1.82, 2.24) is 19.9 Å². The number of hydrogen-bond donors (Lipinski definition) is 0. The van der Waals surface area contributed by atoms with Crippen LogP contribution in [-0.4, -0.2) is 65.2 Å². The lowest BCUT2D eigenvalue weighted by Crippen LogP contribution is -2.40. The summed E-state index contributed by atoms with van der Waals surface area (Å²) in [6.45, 7) is 6.26. The molecule has 0 N–H and O–H groups in total. The molecular weight excluding hydrogens is 430 g/mol. The van der Waals surface area contributed by atoms with Gasteiger partial charge in [0.05, 0.1) is 13.2 Å². The number of aryl methyl sites for hydroxylation is 1. The predicted octanol–water partition coefficient (Wildman–Crippen LogP) is 3.83. The molecule has 4 heterocycles. The number of piperidine rings is 1. The van der Waals surface area contributed by atoms with Crippen LogP contribution in [0.2, 0.25) is 0 Å². The van der Waals surface area contributed by atoms with E-state index in [0.29, 0.717) is 31.2 Å². The van der Waals surface area contributed by atoms with Gasteiger partial charge in [-0.1, -0.05) is 12.1 Å². The second kappa shape index (κ2) is 10.2. The van der Waals surface area contributed by atoms with Crippen LogP contribution in [0.4, 0.5) is 5.82 Å². The van der Waals surface area contributed by atoms with Crippen molar-refractivity contribution in [3.05, 3.63) is 71.8 Å². The molecule has 0 saturated carbocycles. The highest BCUT2D eigenvalue weighted by molar-refractivity contribution is 5.95. The highest BCUT2D eigenvalue weighted by Gasteiger charge is 2.29. The Balaban J connectivity index is 1.32. The van der Waals surface area contributed by atoms with Gasteiger partial charge in [-0.2, -0.15) is 0 Å². The Labute approximate surface area is 199 Å². The van der Waals surface area contributed by atoms with Crippen LogP contribution in [0.15, 0.2) is 55.0 Å². The Morgan fingerprint density at radius 1 is 1.03 bits per heavy atom. The molecule has 0 aliphatic carbocycles. The number of likely N-dealkylation sites (tertiary alicyclic amines) is 1. The number of aromatic nitrogens is 3. The second-order valence-corrected chi connectivity index (χ2v) is 8.76. The molecule has 176 valence electrons. The van der Waals surface area contributed by atoms with Crippen LogP contribution < -0.4 is 9.64 Å². The fourth-order valence-electron chi connectivity index (χ4n) is 4.57. The van der Waals surface area contributed by atoms with Gasteiger partial charge in [0, 0.05) is 56.3 Å². The minimum Gasteiger partial charge on any atom is -0.437 e. The van der Waals surface area contributed by atoms with E-state index in [1.165, 1.54) is 0 Å². The minimum atomic E-state index is 0.0200. The quantitative estimate of drug-likeness (QED) is 0.574. The zero-order valence-electron chi connectivity index (χ0n) is 19.4. The first-order valence-electron chi connectivity index (χ1n) is 11.8. The molecule has 0 bridgehead atoms. The zero-order valence-corrected chi connectivity index (χ0v) is 19.4. The molecule has 2 saturated heterocycles. The maximum absolute atomic E-state index is 13.4. The number of pyridine rings is 1.